The van der Waals surface area contributed by atoms with Crippen LogP contribution < -0.4 is 5.73 Å². The van der Waals surface area contributed by atoms with Crippen LogP contribution in [0.2, 0.25) is 0 Å². The molecule has 0 bridgehead atoms. The summed E-state index contributed by atoms with van der Waals surface area (Å²) in [6.45, 7) is 3.39. The summed E-state index contributed by atoms with van der Waals surface area (Å²) in [5, 5.41) is 10.1. The molecule has 3 N–H and O–H groups in total. The zero-order valence-electron chi connectivity index (χ0n) is 11.3. The molecular formula is C15H22N2O2. The number of benzene rings is 1. The van der Waals surface area contributed by atoms with E-state index in [1.807, 2.05) is 25.1 Å². The fraction of sp³-hybridized carbons (Fsp3) is 0.533. The Morgan fingerprint density at radius 3 is 2.42 bits per heavy atom. The Morgan fingerprint density at radius 1 is 1.32 bits per heavy atom. The largest absolute Gasteiger partial charge is 0.378 e. The highest BCUT2D eigenvalue weighted by Gasteiger charge is 2.28. The highest BCUT2D eigenvalue weighted by molar-refractivity contribution is 5.82. The fourth-order valence-electron chi connectivity index (χ4n) is 2.60. The minimum absolute atomic E-state index is 0.177. The zero-order valence-corrected chi connectivity index (χ0v) is 11.3. The third-order valence-electron chi connectivity index (χ3n) is 3.94. The van der Waals surface area contributed by atoms with Crippen LogP contribution in [0.15, 0.2) is 30.3 Å². The SMILES string of the molecule is CC(N)C1CCN(C(=O)C(O)c2ccccc2)CC1. The number of piperidine rings is 1. The molecule has 2 atom stereocenters. The van der Waals surface area contributed by atoms with Gasteiger partial charge in [-0.15, -0.1) is 0 Å². The highest BCUT2D eigenvalue weighted by atomic mass is 16.3. The molecule has 0 radical (unpaired) electrons. The van der Waals surface area contributed by atoms with Gasteiger partial charge in [0.2, 0.25) is 0 Å². The van der Waals surface area contributed by atoms with E-state index in [4.69, 9.17) is 5.73 Å². The van der Waals surface area contributed by atoms with Crippen LogP contribution in [-0.4, -0.2) is 35.0 Å². The molecule has 1 aromatic rings. The van der Waals surface area contributed by atoms with Gasteiger partial charge in [-0.2, -0.15) is 0 Å². The van der Waals surface area contributed by atoms with Gasteiger partial charge < -0.3 is 15.7 Å². The molecule has 0 aliphatic carbocycles. The molecule has 0 spiro atoms. The molecule has 1 amide bonds. The van der Waals surface area contributed by atoms with Crippen molar-refractivity contribution in [3.63, 3.8) is 0 Å². The number of aliphatic hydroxyl groups is 1. The van der Waals surface area contributed by atoms with Gasteiger partial charge in [-0.1, -0.05) is 30.3 Å². The second kappa shape index (κ2) is 6.17. The number of carbonyl (C=O) groups is 1. The molecule has 4 nitrogen and oxygen atoms in total. The summed E-state index contributed by atoms with van der Waals surface area (Å²) >= 11 is 0. The molecule has 1 aliphatic rings. The Bertz CT molecular complexity index is 411. The van der Waals surface area contributed by atoms with Crippen LogP contribution in [0.25, 0.3) is 0 Å². The molecule has 1 saturated heterocycles. The standard InChI is InChI=1S/C15H22N2O2/c1-11(16)12-7-9-17(10-8-12)15(19)14(18)13-5-3-2-4-6-13/h2-6,11-12,14,18H,7-10,16H2,1H3. The Balaban J connectivity index is 1.94. The summed E-state index contributed by atoms with van der Waals surface area (Å²) in [6, 6.07) is 9.25. The first-order valence-electron chi connectivity index (χ1n) is 6.87. The number of nitrogens with zero attached hydrogens (tertiary/aromatic N) is 1. The first-order chi connectivity index (χ1) is 9.09. The van der Waals surface area contributed by atoms with Crippen LogP contribution in [0.3, 0.4) is 0 Å². The topological polar surface area (TPSA) is 66.6 Å². The second-order valence-corrected chi connectivity index (χ2v) is 5.34. The molecule has 1 fully saturated rings. The van der Waals surface area contributed by atoms with Crippen molar-refractivity contribution in [3.05, 3.63) is 35.9 Å². The quantitative estimate of drug-likeness (QED) is 0.863. The van der Waals surface area contributed by atoms with Crippen LogP contribution >= 0.6 is 0 Å². The monoisotopic (exact) mass is 262 g/mol. The van der Waals surface area contributed by atoms with Gasteiger partial charge in [0.05, 0.1) is 0 Å². The minimum atomic E-state index is -1.05. The highest BCUT2D eigenvalue weighted by Crippen LogP contribution is 2.23. The van der Waals surface area contributed by atoms with E-state index in [1.165, 1.54) is 0 Å². The summed E-state index contributed by atoms with van der Waals surface area (Å²) in [6.07, 6.45) is 0.795. The van der Waals surface area contributed by atoms with Gasteiger partial charge in [0.1, 0.15) is 0 Å². The van der Waals surface area contributed by atoms with Gasteiger partial charge in [0, 0.05) is 19.1 Å². The van der Waals surface area contributed by atoms with Crippen molar-refractivity contribution in [1.29, 1.82) is 0 Å². The molecule has 2 unspecified atom stereocenters. The summed E-state index contributed by atoms with van der Waals surface area (Å²) < 4.78 is 0. The van der Waals surface area contributed by atoms with Gasteiger partial charge in [-0.25, -0.2) is 0 Å². The van der Waals surface area contributed by atoms with Gasteiger partial charge in [-0.05, 0) is 31.2 Å². The van der Waals surface area contributed by atoms with Crippen molar-refractivity contribution in [2.45, 2.75) is 31.9 Å². The van der Waals surface area contributed by atoms with E-state index >= 15 is 0 Å². The van der Waals surface area contributed by atoms with Crippen LogP contribution in [-0.2, 0) is 4.79 Å². The van der Waals surface area contributed by atoms with Crippen molar-refractivity contribution in [1.82, 2.24) is 4.90 Å². The van der Waals surface area contributed by atoms with Crippen molar-refractivity contribution < 1.29 is 9.90 Å². The normalized spacial score (nSPS) is 20.1. The zero-order chi connectivity index (χ0) is 13.8. The van der Waals surface area contributed by atoms with Gasteiger partial charge >= 0.3 is 0 Å². The lowest BCUT2D eigenvalue weighted by atomic mass is 9.90. The Labute approximate surface area is 114 Å². The first kappa shape index (κ1) is 14.0. The number of amides is 1. The van der Waals surface area contributed by atoms with Gasteiger partial charge in [-0.3, -0.25) is 4.79 Å². The predicted molar refractivity (Wildman–Crippen MR) is 74.4 cm³/mol. The van der Waals surface area contributed by atoms with Crippen LogP contribution in [0, 0.1) is 5.92 Å². The number of nitrogens with two attached hydrogens (primary N) is 1. The molecule has 2 rings (SSSR count). The number of rotatable bonds is 3. The summed E-state index contributed by atoms with van der Waals surface area (Å²) in [5.41, 5.74) is 6.54. The van der Waals surface area contributed by atoms with Crippen molar-refractivity contribution in [2.24, 2.45) is 11.7 Å². The minimum Gasteiger partial charge on any atom is -0.378 e. The molecule has 1 aliphatic heterocycles. The van der Waals surface area contributed by atoms with E-state index in [0.717, 1.165) is 12.8 Å². The van der Waals surface area contributed by atoms with E-state index in [1.54, 1.807) is 17.0 Å². The summed E-state index contributed by atoms with van der Waals surface area (Å²) in [4.78, 5) is 14.0. The van der Waals surface area contributed by atoms with Crippen molar-refractivity contribution in [3.8, 4) is 0 Å². The third-order valence-corrected chi connectivity index (χ3v) is 3.94. The average Bonchev–Trinajstić information content (AvgIpc) is 2.46. The third kappa shape index (κ3) is 3.33. The lowest BCUT2D eigenvalue weighted by Crippen LogP contribution is -2.44. The van der Waals surface area contributed by atoms with E-state index in [0.29, 0.717) is 24.6 Å². The molecule has 0 aromatic heterocycles. The predicted octanol–water partition coefficient (Wildman–Crippen LogP) is 1.31. The van der Waals surface area contributed by atoms with Crippen LogP contribution in [0.4, 0.5) is 0 Å². The van der Waals surface area contributed by atoms with Crippen LogP contribution in [0.5, 0.6) is 0 Å². The van der Waals surface area contributed by atoms with E-state index in [9.17, 15) is 9.90 Å². The van der Waals surface area contributed by atoms with E-state index < -0.39 is 6.10 Å². The average molecular weight is 262 g/mol. The maximum atomic E-state index is 12.2. The molecular weight excluding hydrogens is 240 g/mol. The second-order valence-electron chi connectivity index (χ2n) is 5.34. The number of likely N-dealkylation sites (tertiary alicyclic amines) is 1. The fourth-order valence-corrected chi connectivity index (χ4v) is 2.60. The maximum absolute atomic E-state index is 12.2. The molecule has 104 valence electrons. The molecule has 0 saturated carbocycles. The number of hydrogen-bond donors (Lipinski definition) is 2. The number of aliphatic hydroxyl groups excluding tert-OH is 1. The smallest absolute Gasteiger partial charge is 0.256 e. The Morgan fingerprint density at radius 2 is 1.89 bits per heavy atom. The van der Waals surface area contributed by atoms with E-state index in [2.05, 4.69) is 0 Å². The van der Waals surface area contributed by atoms with Gasteiger partial charge in [0.15, 0.2) is 6.10 Å². The molecule has 1 aromatic carbocycles. The lowest BCUT2D eigenvalue weighted by molar-refractivity contribution is -0.142. The number of carbonyl (C=O) groups excluding carboxylic acids is 1. The van der Waals surface area contributed by atoms with E-state index in [-0.39, 0.29) is 11.9 Å². The summed E-state index contributed by atoms with van der Waals surface area (Å²) in [7, 11) is 0. The first-order valence-corrected chi connectivity index (χ1v) is 6.87. The van der Waals surface area contributed by atoms with Crippen LogP contribution in [0.1, 0.15) is 31.4 Å². The summed E-state index contributed by atoms with van der Waals surface area (Å²) in [5.74, 6) is 0.284. The molecule has 19 heavy (non-hydrogen) atoms. The van der Waals surface area contributed by atoms with Gasteiger partial charge in [0.25, 0.3) is 5.91 Å². The lowest BCUT2D eigenvalue weighted by Gasteiger charge is -2.34. The van der Waals surface area contributed by atoms with Crippen molar-refractivity contribution >= 4 is 5.91 Å². The Hall–Kier alpha value is -1.39. The maximum Gasteiger partial charge on any atom is 0.256 e. The molecule has 1 heterocycles. The Kier molecular flexibility index (Phi) is 4.56. The van der Waals surface area contributed by atoms with Crippen molar-refractivity contribution in [2.75, 3.05) is 13.1 Å². The molecule has 4 heteroatoms. The number of hydrogen-bond acceptors (Lipinski definition) is 3.